The highest BCUT2D eigenvalue weighted by Crippen LogP contribution is 2.14. The summed E-state index contributed by atoms with van der Waals surface area (Å²) in [6, 6.07) is 5.38. The van der Waals surface area contributed by atoms with Crippen LogP contribution in [0.5, 0.6) is 0 Å². The van der Waals surface area contributed by atoms with E-state index in [9.17, 15) is 9.59 Å². The van der Waals surface area contributed by atoms with Crippen molar-refractivity contribution in [3.63, 3.8) is 0 Å². The number of hydrogen-bond acceptors (Lipinski definition) is 4. The lowest BCUT2D eigenvalue weighted by molar-refractivity contribution is -0.115. The van der Waals surface area contributed by atoms with Crippen LogP contribution in [-0.2, 0) is 4.79 Å². The minimum Gasteiger partial charge on any atom is -0.463 e. The lowest BCUT2D eigenvalue weighted by atomic mass is 10.1. The standard InChI is InChI=1S/C14H10N2O3S/c1-7-2-3-11-9(4-7)12(17)8(6-19-11)5-10-13(18)16-14(20)15-10/h2-6H,1H3,(H2,15,16,18,20). The molecule has 0 saturated carbocycles. The van der Waals surface area contributed by atoms with Crippen molar-refractivity contribution in [3.05, 3.63) is 51.5 Å². The van der Waals surface area contributed by atoms with Crippen molar-refractivity contribution in [2.75, 3.05) is 0 Å². The van der Waals surface area contributed by atoms with Gasteiger partial charge in [-0.05, 0) is 37.4 Å². The lowest BCUT2D eigenvalue weighted by Crippen LogP contribution is -2.21. The first-order valence-corrected chi connectivity index (χ1v) is 6.31. The van der Waals surface area contributed by atoms with Gasteiger partial charge in [0.15, 0.2) is 10.5 Å². The highest BCUT2D eigenvalue weighted by Gasteiger charge is 2.20. The molecule has 1 aliphatic heterocycles. The van der Waals surface area contributed by atoms with E-state index < -0.39 is 0 Å². The summed E-state index contributed by atoms with van der Waals surface area (Å²) in [5.74, 6) is -0.362. The molecule has 1 saturated heterocycles. The zero-order chi connectivity index (χ0) is 14.3. The molecule has 0 unspecified atom stereocenters. The minimum absolute atomic E-state index is 0.185. The van der Waals surface area contributed by atoms with Crippen molar-refractivity contribution in [1.82, 2.24) is 10.6 Å². The summed E-state index contributed by atoms with van der Waals surface area (Å²) >= 11 is 4.83. The van der Waals surface area contributed by atoms with Gasteiger partial charge in [0.05, 0.1) is 10.9 Å². The average molecular weight is 286 g/mol. The first-order valence-electron chi connectivity index (χ1n) is 5.91. The van der Waals surface area contributed by atoms with Crippen LogP contribution in [0.25, 0.3) is 17.0 Å². The SMILES string of the molecule is Cc1ccc2occ(C=C3NC(=S)NC3=O)c(=O)c2c1. The molecule has 5 nitrogen and oxygen atoms in total. The van der Waals surface area contributed by atoms with E-state index in [-0.39, 0.29) is 22.1 Å². The van der Waals surface area contributed by atoms with Gasteiger partial charge in [-0.1, -0.05) is 11.6 Å². The maximum atomic E-state index is 12.4. The third-order valence-corrected chi connectivity index (χ3v) is 3.18. The fraction of sp³-hybridized carbons (Fsp3) is 0.0714. The summed E-state index contributed by atoms with van der Waals surface area (Å²) in [7, 11) is 0. The molecule has 1 aromatic carbocycles. The number of benzene rings is 1. The second kappa shape index (κ2) is 4.57. The molecule has 20 heavy (non-hydrogen) atoms. The molecule has 6 heteroatoms. The molecule has 100 valence electrons. The van der Waals surface area contributed by atoms with E-state index in [2.05, 4.69) is 10.6 Å². The second-order valence-corrected chi connectivity index (χ2v) is 4.89. The Bertz CT molecular complexity index is 836. The molecule has 2 heterocycles. The molecular weight excluding hydrogens is 276 g/mol. The van der Waals surface area contributed by atoms with Crippen LogP contribution in [0.15, 0.2) is 39.4 Å². The van der Waals surface area contributed by atoms with Gasteiger partial charge < -0.3 is 9.73 Å². The van der Waals surface area contributed by atoms with E-state index in [0.717, 1.165) is 5.56 Å². The Morgan fingerprint density at radius 2 is 2.05 bits per heavy atom. The number of amides is 1. The third-order valence-electron chi connectivity index (χ3n) is 2.97. The lowest BCUT2D eigenvalue weighted by Gasteiger charge is -2.00. The number of carbonyl (C=O) groups excluding carboxylic acids is 1. The third kappa shape index (κ3) is 2.10. The molecule has 0 radical (unpaired) electrons. The number of nitrogens with one attached hydrogen (secondary N) is 2. The Hall–Kier alpha value is -2.47. The highest BCUT2D eigenvalue weighted by atomic mass is 32.1. The predicted octanol–water partition coefficient (Wildman–Crippen LogP) is 1.45. The number of hydrogen-bond donors (Lipinski definition) is 2. The fourth-order valence-electron chi connectivity index (χ4n) is 2.00. The Labute approximate surface area is 119 Å². The summed E-state index contributed by atoms with van der Waals surface area (Å²) < 4.78 is 5.41. The van der Waals surface area contributed by atoms with Crippen LogP contribution in [0, 0.1) is 6.92 Å². The molecular formula is C14H10N2O3S. The molecule has 2 aromatic rings. The molecule has 0 bridgehead atoms. The monoisotopic (exact) mass is 286 g/mol. The maximum absolute atomic E-state index is 12.4. The van der Waals surface area contributed by atoms with Crippen molar-refractivity contribution in [2.45, 2.75) is 6.92 Å². The molecule has 1 fully saturated rings. The summed E-state index contributed by atoms with van der Waals surface area (Å²) in [5, 5.41) is 5.83. The number of carbonyl (C=O) groups is 1. The van der Waals surface area contributed by atoms with Crippen molar-refractivity contribution in [3.8, 4) is 0 Å². The van der Waals surface area contributed by atoms with Crippen molar-refractivity contribution >= 4 is 40.3 Å². The first-order chi connectivity index (χ1) is 9.54. The zero-order valence-electron chi connectivity index (χ0n) is 10.5. The normalized spacial score (nSPS) is 16.6. The Kier molecular flexibility index (Phi) is 2.87. The van der Waals surface area contributed by atoms with Gasteiger partial charge >= 0.3 is 0 Å². The van der Waals surface area contributed by atoms with Crippen LogP contribution >= 0.6 is 12.2 Å². The fourth-order valence-corrected chi connectivity index (χ4v) is 2.20. The summed E-state index contributed by atoms with van der Waals surface area (Å²) in [6.45, 7) is 1.90. The largest absolute Gasteiger partial charge is 0.463 e. The number of aryl methyl sites for hydroxylation is 1. The number of rotatable bonds is 1. The summed E-state index contributed by atoms with van der Waals surface area (Å²) in [4.78, 5) is 23.9. The zero-order valence-corrected chi connectivity index (χ0v) is 11.3. The Morgan fingerprint density at radius 1 is 1.25 bits per heavy atom. The molecule has 0 aliphatic carbocycles. The van der Waals surface area contributed by atoms with Gasteiger partial charge in [-0.15, -0.1) is 0 Å². The van der Waals surface area contributed by atoms with Crippen LogP contribution in [0.4, 0.5) is 0 Å². The Balaban J connectivity index is 2.16. The number of thiocarbonyl (C=S) groups is 1. The van der Waals surface area contributed by atoms with Crippen molar-refractivity contribution < 1.29 is 9.21 Å². The predicted molar refractivity (Wildman–Crippen MR) is 79.1 cm³/mol. The van der Waals surface area contributed by atoms with Gasteiger partial charge in [0.2, 0.25) is 0 Å². The minimum atomic E-state index is -0.362. The van der Waals surface area contributed by atoms with Crippen LogP contribution in [0.2, 0.25) is 0 Å². The van der Waals surface area contributed by atoms with Crippen molar-refractivity contribution in [1.29, 1.82) is 0 Å². The average Bonchev–Trinajstić information content (AvgIpc) is 2.72. The quantitative estimate of drug-likeness (QED) is 0.613. The van der Waals surface area contributed by atoms with Crippen LogP contribution in [0.3, 0.4) is 0 Å². The van der Waals surface area contributed by atoms with E-state index in [4.69, 9.17) is 16.6 Å². The van der Waals surface area contributed by atoms with Gasteiger partial charge in [0, 0.05) is 0 Å². The van der Waals surface area contributed by atoms with E-state index >= 15 is 0 Å². The van der Waals surface area contributed by atoms with Gasteiger partial charge in [-0.25, -0.2) is 0 Å². The van der Waals surface area contributed by atoms with E-state index in [0.29, 0.717) is 16.5 Å². The molecule has 3 rings (SSSR count). The van der Waals surface area contributed by atoms with E-state index in [1.807, 2.05) is 13.0 Å². The molecule has 1 amide bonds. The maximum Gasteiger partial charge on any atom is 0.273 e. The second-order valence-electron chi connectivity index (χ2n) is 4.49. The van der Waals surface area contributed by atoms with Gasteiger partial charge in [-0.3, -0.25) is 14.9 Å². The molecule has 1 aromatic heterocycles. The molecule has 1 aliphatic rings. The van der Waals surface area contributed by atoms with E-state index in [1.165, 1.54) is 12.3 Å². The van der Waals surface area contributed by atoms with E-state index in [1.54, 1.807) is 12.1 Å². The highest BCUT2D eigenvalue weighted by molar-refractivity contribution is 7.80. The van der Waals surface area contributed by atoms with Gasteiger partial charge in [-0.2, -0.15) is 0 Å². The van der Waals surface area contributed by atoms with Crippen LogP contribution in [0.1, 0.15) is 11.1 Å². The van der Waals surface area contributed by atoms with Gasteiger partial charge in [0.25, 0.3) is 5.91 Å². The topological polar surface area (TPSA) is 71.3 Å². The summed E-state index contributed by atoms with van der Waals surface area (Å²) in [6.07, 6.45) is 2.77. The van der Waals surface area contributed by atoms with Crippen LogP contribution < -0.4 is 16.1 Å². The smallest absolute Gasteiger partial charge is 0.273 e. The molecule has 0 spiro atoms. The molecule has 2 N–H and O–H groups in total. The van der Waals surface area contributed by atoms with Gasteiger partial charge in [0.1, 0.15) is 17.5 Å². The Morgan fingerprint density at radius 3 is 2.75 bits per heavy atom. The first kappa shape index (κ1) is 12.6. The number of fused-ring (bicyclic) bond motifs is 1. The molecule has 0 atom stereocenters. The summed E-state index contributed by atoms with van der Waals surface area (Å²) in [5.41, 5.74) is 1.82. The van der Waals surface area contributed by atoms with Crippen LogP contribution in [-0.4, -0.2) is 11.0 Å². The van der Waals surface area contributed by atoms with Crippen molar-refractivity contribution in [2.24, 2.45) is 0 Å².